The number of benzene rings is 2. The summed E-state index contributed by atoms with van der Waals surface area (Å²) in [4.78, 5) is 0.858. The fraction of sp³-hybridized carbons (Fsp3) is 0.133. The number of anilines is 1. The molecule has 20 heavy (non-hydrogen) atoms. The lowest BCUT2D eigenvalue weighted by atomic mass is 10.1. The van der Waals surface area contributed by atoms with Crippen LogP contribution in [0, 0.1) is 23.0 Å². The highest BCUT2D eigenvalue weighted by Gasteiger charge is 2.08. The average molecular weight is 290 g/mol. The van der Waals surface area contributed by atoms with Crippen LogP contribution in [0.5, 0.6) is 0 Å². The monoisotopic (exact) mass is 290 g/mol. The van der Waals surface area contributed by atoms with Crippen LogP contribution < -0.4 is 5.32 Å². The van der Waals surface area contributed by atoms with Crippen LogP contribution in [-0.4, -0.2) is 6.26 Å². The normalized spacial score (nSPS) is 10.1. The first kappa shape index (κ1) is 14.4. The summed E-state index contributed by atoms with van der Waals surface area (Å²) in [5, 5.41) is 12.2. The molecule has 1 N–H and O–H groups in total. The van der Waals surface area contributed by atoms with Crippen molar-refractivity contribution in [1.29, 1.82) is 5.26 Å². The predicted octanol–water partition coefficient (Wildman–Crippen LogP) is 4.17. The molecule has 0 saturated carbocycles. The van der Waals surface area contributed by atoms with E-state index in [4.69, 9.17) is 0 Å². The Morgan fingerprint density at radius 3 is 2.70 bits per heavy atom. The van der Waals surface area contributed by atoms with Gasteiger partial charge in [-0.05, 0) is 24.5 Å². The first-order valence-corrected chi connectivity index (χ1v) is 7.13. The minimum Gasteiger partial charge on any atom is -0.380 e. The standard InChI is InChI=1S/C15H12F2N2S/c1-20-15-4-2-3-14(12(15)8-18)19-9-10-5-6-11(16)7-13(10)17/h2-7,19H,9H2,1H3. The van der Waals surface area contributed by atoms with Gasteiger partial charge < -0.3 is 5.32 Å². The lowest BCUT2D eigenvalue weighted by Crippen LogP contribution is -2.04. The fourth-order valence-corrected chi connectivity index (χ4v) is 2.39. The summed E-state index contributed by atoms with van der Waals surface area (Å²) < 4.78 is 26.4. The molecule has 0 aromatic heterocycles. The maximum atomic E-state index is 13.5. The third-order valence-electron chi connectivity index (χ3n) is 2.84. The largest absolute Gasteiger partial charge is 0.380 e. The number of halogens is 2. The van der Waals surface area contributed by atoms with Gasteiger partial charge in [-0.2, -0.15) is 5.26 Å². The second-order valence-electron chi connectivity index (χ2n) is 4.08. The van der Waals surface area contributed by atoms with E-state index in [0.29, 0.717) is 16.8 Å². The predicted molar refractivity (Wildman–Crippen MR) is 76.6 cm³/mol. The van der Waals surface area contributed by atoms with Gasteiger partial charge >= 0.3 is 0 Å². The number of hydrogen-bond acceptors (Lipinski definition) is 3. The van der Waals surface area contributed by atoms with Crippen LogP contribution in [-0.2, 0) is 6.54 Å². The van der Waals surface area contributed by atoms with Crippen molar-refractivity contribution in [2.24, 2.45) is 0 Å². The Morgan fingerprint density at radius 2 is 2.05 bits per heavy atom. The van der Waals surface area contributed by atoms with E-state index in [0.717, 1.165) is 11.0 Å². The van der Waals surface area contributed by atoms with Crippen LogP contribution in [0.2, 0.25) is 0 Å². The van der Waals surface area contributed by atoms with E-state index in [9.17, 15) is 14.0 Å². The molecule has 102 valence electrons. The molecule has 2 nitrogen and oxygen atoms in total. The van der Waals surface area contributed by atoms with Crippen molar-refractivity contribution in [3.63, 3.8) is 0 Å². The molecule has 0 amide bonds. The van der Waals surface area contributed by atoms with Gasteiger partial charge in [0.2, 0.25) is 0 Å². The summed E-state index contributed by atoms with van der Waals surface area (Å²) in [7, 11) is 0. The Kier molecular flexibility index (Phi) is 4.59. The molecule has 0 aliphatic heterocycles. The van der Waals surface area contributed by atoms with Crippen LogP contribution in [0.1, 0.15) is 11.1 Å². The Balaban J connectivity index is 2.21. The van der Waals surface area contributed by atoms with E-state index in [-0.39, 0.29) is 6.54 Å². The smallest absolute Gasteiger partial charge is 0.131 e. The quantitative estimate of drug-likeness (QED) is 0.858. The van der Waals surface area contributed by atoms with Gasteiger partial charge in [0.05, 0.1) is 11.3 Å². The zero-order valence-electron chi connectivity index (χ0n) is 10.8. The molecule has 2 aromatic rings. The van der Waals surface area contributed by atoms with Gasteiger partial charge in [0, 0.05) is 23.1 Å². The number of nitriles is 1. The van der Waals surface area contributed by atoms with E-state index in [1.165, 1.54) is 23.9 Å². The molecule has 0 bridgehead atoms. The van der Waals surface area contributed by atoms with E-state index in [2.05, 4.69) is 11.4 Å². The lowest BCUT2D eigenvalue weighted by molar-refractivity contribution is 0.574. The molecule has 0 atom stereocenters. The fourth-order valence-electron chi connectivity index (χ4n) is 1.82. The minimum absolute atomic E-state index is 0.193. The summed E-state index contributed by atoms with van der Waals surface area (Å²) in [5.41, 5.74) is 1.52. The van der Waals surface area contributed by atoms with Gasteiger partial charge in [0.25, 0.3) is 0 Å². The molecule has 2 rings (SSSR count). The summed E-state index contributed by atoms with van der Waals surface area (Å²) in [6.07, 6.45) is 1.89. The zero-order chi connectivity index (χ0) is 14.5. The summed E-state index contributed by atoms with van der Waals surface area (Å²) in [6, 6.07) is 11.0. The number of nitrogens with zero attached hydrogens (tertiary/aromatic N) is 1. The Labute approximate surface area is 120 Å². The molecule has 0 heterocycles. The SMILES string of the molecule is CSc1cccc(NCc2ccc(F)cc2F)c1C#N. The van der Waals surface area contributed by atoms with Crippen molar-refractivity contribution in [3.05, 3.63) is 59.2 Å². The number of hydrogen-bond donors (Lipinski definition) is 1. The third kappa shape index (κ3) is 3.09. The molecule has 2 aromatic carbocycles. The molecule has 0 unspecified atom stereocenters. The molecule has 0 spiro atoms. The Hall–Kier alpha value is -2.06. The highest BCUT2D eigenvalue weighted by molar-refractivity contribution is 7.98. The molecule has 0 aliphatic carbocycles. The maximum Gasteiger partial charge on any atom is 0.131 e. The van der Waals surface area contributed by atoms with E-state index in [1.807, 2.05) is 18.4 Å². The number of nitrogens with one attached hydrogen (secondary N) is 1. The van der Waals surface area contributed by atoms with Gasteiger partial charge in [-0.3, -0.25) is 0 Å². The van der Waals surface area contributed by atoms with Crippen molar-refractivity contribution in [2.75, 3.05) is 11.6 Å². The molecule has 0 fully saturated rings. The molecule has 5 heteroatoms. The molecular weight excluding hydrogens is 278 g/mol. The molecular formula is C15H12F2N2S. The zero-order valence-corrected chi connectivity index (χ0v) is 11.6. The van der Waals surface area contributed by atoms with Crippen molar-refractivity contribution in [2.45, 2.75) is 11.4 Å². The number of thioether (sulfide) groups is 1. The van der Waals surface area contributed by atoms with Crippen molar-refractivity contribution < 1.29 is 8.78 Å². The van der Waals surface area contributed by atoms with Crippen molar-refractivity contribution >= 4 is 17.4 Å². The Morgan fingerprint density at radius 1 is 1.25 bits per heavy atom. The molecule has 0 aliphatic rings. The lowest BCUT2D eigenvalue weighted by Gasteiger charge is -2.11. The summed E-state index contributed by atoms with van der Waals surface area (Å²) in [5.74, 6) is -1.20. The van der Waals surface area contributed by atoms with Crippen LogP contribution in [0.4, 0.5) is 14.5 Å². The Bertz CT molecular complexity index is 665. The first-order valence-electron chi connectivity index (χ1n) is 5.90. The highest BCUT2D eigenvalue weighted by atomic mass is 32.2. The van der Waals surface area contributed by atoms with Gasteiger partial charge in [-0.1, -0.05) is 12.1 Å². The minimum atomic E-state index is -0.603. The number of rotatable bonds is 4. The van der Waals surface area contributed by atoms with Crippen LogP contribution >= 0.6 is 11.8 Å². The summed E-state index contributed by atoms with van der Waals surface area (Å²) in [6.45, 7) is 0.193. The van der Waals surface area contributed by atoms with Crippen molar-refractivity contribution in [3.8, 4) is 6.07 Å². The second-order valence-corrected chi connectivity index (χ2v) is 4.93. The van der Waals surface area contributed by atoms with Gasteiger partial charge in [0.15, 0.2) is 0 Å². The van der Waals surface area contributed by atoms with E-state index < -0.39 is 11.6 Å². The highest BCUT2D eigenvalue weighted by Crippen LogP contribution is 2.26. The van der Waals surface area contributed by atoms with E-state index in [1.54, 1.807) is 6.07 Å². The summed E-state index contributed by atoms with van der Waals surface area (Å²) >= 11 is 1.47. The van der Waals surface area contributed by atoms with Gasteiger partial charge in [-0.15, -0.1) is 11.8 Å². The van der Waals surface area contributed by atoms with E-state index >= 15 is 0 Å². The van der Waals surface area contributed by atoms with Crippen LogP contribution in [0.3, 0.4) is 0 Å². The molecule has 0 radical (unpaired) electrons. The van der Waals surface area contributed by atoms with Crippen LogP contribution in [0.25, 0.3) is 0 Å². The van der Waals surface area contributed by atoms with Gasteiger partial charge in [0.1, 0.15) is 17.7 Å². The topological polar surface area (TPSA) is 35.8 Å². The average Bonchev–Trinajstić information content (AvgIpc) is 2.45. The molecule has 0 saturated heterocycles. The van der Waals surface area contributed by atoms with Gasteiger partial charge in [-0.25, -0.2) is 8.78 Å². The van der Waals surface area contributed by atoms with Crippen LogP contribution in [0.15, 0.2) is 41.3 Å². The van der Waals surface area contributed by atoms with Crippen molar-refractivity contribution in [1.82, 2.24) is 0 Å². The maximum absolute atomic E-state index is 13.5. The first-order chi connectivity index (χ1) is 9.65. The second kappa shape index (κ2) is 6.40. The third-order valence-corrected chi connectivity index (χ3v) is 3.62.